The fourth-order valence-electron chi connectivity index (χ4n) is 0.177. The van der Waals surface area contributed by atoms with Gasteiger partial charge in [-0.05, 0) is 0 Å². The van der Waals surface area contributed by atoms with Crippen LogP contribution < -0.4 is 5.11 Å². The molecule has 0 N–H and O–H groups in total. The lowest BCUT2D eigenvalue weighted by Crippen LogP contribution is -2.26. The zero-order valence-corrected chi connectivity index (χ0v) is 4.75. The molecule has 9 heavy (non-hydrogen) atoms. The van der Waals surface area contributed by atoms with E-state index in [-0.39, 0.29) is 0 Å². The summed E-state index contributed by atoms with van der Waals surface area (Å²) in [5, 5.41) is 9.48. The quantitative estimate of drug-likeness (QED) is 0.429. The molecule has 0 rings (SSSR count). The van der Waals surface area contributed by atoms with Gasteiger partial charge in [-0.1, -0.05) is 0 Å². The SMILES string of the molecule is COC(=O)COC(=O)[O-]. The van der Waals surface area contributed by atoms with Crippen molar-refractivity contribution in [3.05, 3.63) is 0 Å². The van der Waals surface area contributed by atoms with Crippen molar-refractivity contribution in [3.8, 4) is 0 Å². The van der Waals surface area contributed by atoms with Crippen LogP contribution in [0.5, 0.6) is 0 Å². The van der Waals surface area contributed by atoms with Crippen LogP contribution in [0.4, 0.5) is 4.79 Å². The van der Waals surface area contributed by atoms with Gasteiger partial charge in [0.05, 0.1) is 7.11 Å². The molecule has 0 fully saturated rings. The van der Waals surface area contributed by atoms with E-state index in [1.165, 1.54) is 0 Å². The Morgan fingerprint density at radius 3 is 2.44 bits per heavy atom. The zero-order valence-electron chi connectivity index (χ0n) is 4.75. The number of ether oxygens (including phenoxy) is 2. The van der Waals surface area contributed by atoms with Crippen molar-refractivity contribution in [1.82, 2.24) is 0 Å². The van der Waals surface area contributed by atoms with E-state index >= 15 is 0 Å². The van der Waals surface area contributed by atoms with Gasteiger partial charge in [0.15, 0.2) is 0 Å². The number of esters is 1. The third kappa shape index (κ3) is 4.60. The fraction of sp³-hybridized carbons (Fsp3) is 0.500. The predicted octanol–water partition coefficient (Wildman–Crippen LogP) is -1.48. The van der Waals surface area contributed by atoms with Crippen LogP contribution in [0.15, 0.2) is 0 Å². The van der Waals surface area contributed by atoms with Crippen LogP contribution in [0.3, 0.4) is 0 Å². The van der Waals surface area contributed by atoms with Gasteiger partial charge in [-0.3, -0.25) is 4.79 Å². The van der Waals surface area contributed by atoms with E-state index in [9.17, 15) is 14.7 Å². The minimum absolute atomic E-state index is 0.612. The molecule has 52 valence electrons. The number of methoxy groups -OCH3 is 1. The van der Waals surface area contributed by atoms with Gasteiger partial charge in [0.25, 0.3) is 6.16 Å². The van der Waals surface area contributed by atoms with Crippen LogP contribution in [0.1, 0.15) is 0 Å². The largest absolute Gasteiger partial charge is 0.538 e. The third-order valence-corrected chi connectivity index (χ3v) is 0.536. The molecule has 0 aromatic rings. The first-order chi connectivity index (χ1) is 4.16. The summed E-state index contributed by atoms with van der Waals surface area (Å²) in [6, 6.07) is 0. The molecule has 0 atom stereocenters. The second-order valence-electron chi connectivity index (χ2n) is 1.11. The highest BCUT2D eigenvalue weighted by Gasteiger charge is 1.95. The molecule has 5 heteroatoms. The highest BCUT2D eigenvalue weighted by Crippen LogP contribution is 1.75. The lowest BCUT2D eigenvalue weighted by Gasteiger charge is -2.04. The van der Waals surface area contributed by atoms with E-state index in [1.54, 1.807) is 0 Å². The lowest BCUT2D eigenvalue weighted by molar-refractivity contribution is -0.282. The third-order valence-electron chi connectivity index (χ3n) is 0.536. The molecule has 0 aliphatic rings. The number of hydrogen-bond acceptors (Lipinski definition) is 5. The van der Waals surface area contributed by atoms with Gasteiger partial charge < -0.3 is 19.4 Å². The maximum absolute atomic E-state index is 10.1. The van der Waals surface area contributed by atoms with Crippen molar-refractivity contribution in [2.75, 3.05) is 13.7 Å². The van der Waals surface area contributed by atoms with E-state index in [2.05, 4.69) is 9.47 Å². The molecule has 0 aromatic heterocycles. The Labute approximate surface area is 51.2 Å². The van der Waals surface area contributed by atoms with Crippen LogP contribution in [-0.4, -0.2) is 25.8 Å². The molecule has 0 radical (unpaired) electrons. The van der Waals surface area contributed by atoms with Crippen molar-refractivity contribution < 1.29 is 24.2 Å². The molecule has 0 saturated carbocycles. The Hall–Kier alpha value is -1.26. The highest BCUT2D eigenvalue weighted by atomic mass is 16.7. The molecule has 5 nitrogen and oxygen atoms in total. The van der Waals surface area contributed by atoms with Crippen LogP contribution in [0.2, 0.25) is 0 Å². The second kappa shape index (κ2) is 3.71. The first kappa shape index (κ1) is 7.74. The van der Waals surface area contributed by atoms with Crippen LogP contribution in [-0.2, 0) is 14.3 Å². The van der Waals surface area contributed by atoms with Crippen LogP contribution in [0, 0.1) is 0 Å². The first-order valence-corrected chi connectivity index (χ1v) is 2.07. The Bertz CT molecular complexity index is 118. The van der Waals surface area contributed by atoms with Gasteiger partial charge in [0, 0.05) is 0 Å². The number of rotatable bonds is 2. The summed E-state index contributed by atoms with van der Waals surface area (Å²) in [6.45, 7) is -0.612. The van der Waals surface area contributed by atoms with Gasteiger partial charge in [-0.25, -0.2) is 0 Å². The molecular weight excluding hydrogens is 128 g/mol. The molecule has 0 heterocycles. The van der Waals surface area contributed by atoms with Crippen LogP contribution in [0.25, 0.3) is 0 Å². The van der Waals surface area contributed by atoms with E-state index in [1.807, 2.05) is 0 Å². The Morgan fingerprint density at radius 2 is 2.11 bits per heavy atom. The van der Waals surface area contributed by atoms with Gasteiger partial charge >= 0.3 is 5.97 Å². The van der Waals surface area contributed by atoms with E-state index in [0.29, 0.717) is 0 Å². The summed E-state index contributed by atoms with van der Waals surface area (Å²) in [6.07, 6.45) is -1.74. The minimum atomic E-state index is -1.74. The van der Waals surface area contributed by atoms with E-state index in [4.69, 9.17) is 0 Å². The number of carbonyl (C=O) groups excluding carboxylic acids is 2. The Morgan fingerprint density at radius 1 is 1.56 bits per heavy atom. The van der Waals surface area contributed by atoms with Crippen molar-refractivity contribution in [2.45, 2.75) is 0 Å². The summed E-state index contributed by atoms with van der Waals surface area (Å²) in [7, 11) is 1.13. The average molecular weight is 133 g/mol. The van der Waals surface area contributed by atoms with Gasteiger partial charge in [0.1, 0.15) is 6.61 Å². The first-order valence-electron chi connectivity index (χ1n) is 2.07. The zero-order chi connectivity index (χ0) is 7.28. The molecule has 0 saturated heterocycles. The van der Waals surface area contributed by atoms with Gasteiger partial charge in [0.2, 0.25) is 0 Å². The normalized spacial score (nSPS) is 8.11. The van der Waals surface area contributed by atoms with Gasteiger partial charge in [-0.2, -0.15) is 0 Å². The summed E-state index contributed by atoms with van der Waals surface area (Å²) in [5.74, 6) is -0.751. The number of carbonyl (C=O) groups is 2. The molecular formula is C4H5O5-. The smallest absolute Gasteiger partial charge is 0.325 e. The molecule has 0 amide bonds. The highest BCUT2D eigenvalue weighted by molar-refractivity contribution is 5.72. The Kier molecular flexibility index (Phi) is 3.19. The van der Waals surface area contributed by atoms with Crippen LogP contribution >= 0.6 is 0 Å². The molecule has 0 unspecified atom stereocenters. The summed E-state index contributed by atoms with van der Waals surface area (Å²) >= 11 is 0. The molecule has 0 spiro atoms. The monoisotopic (exact) mass is 133 g/mol. The van der Waals surface area contributed by atoms with Gasteiger partial charge in [-0.15, -0.1) is 0 Å². The molecule has 0 aliphatic carbocycles. The maximum Gasteiger partial charge on any atom is 0.325 e. The molecule has 0 aromatic carbocycles. The maximum atomic E-state index is 10.1. The van der Waals surface area contributed by atoms with Crippen molar-refractivity contribution in [3.63, 3.8) is 0 Å². The summed E-state index contributed by atoms with van der Waals surface area (Å²) in [4.78, 5) is 19.6. The lowest BCUT2D eigenvalue weighted by atomic mass is 10.7. The van der Waals surface area contributed by atoms with Crippen molar-refractivity contribution >= 4 is 12.1 Å². The average Bonchev–Trinajstić information content (AvgIpc) is 1.83. The second-order valence-corrected chi connectivity index (χ2v) is 1.11. The van der Waals surface area contributed by atoms with E-state index < -0.39 is 18.7 Å². The Balaban J connectivity index is 3.28. The van der Waals surface area contributed by atoms with E-state index in [0.717, 1.165) is 7.11 Å². The minimum Gasteiger partial charge on any atom is -0.538 e. The topological polar surface area (TPSA) is 75.7 Å². The number of hydrogen-bond donors (Lipinski definition) is 0. The molecule has 0 aliphatic heterocycles. The number of carboxylic acid groups (broad SMARTS) is 1. The summed E-state index contributed by atoms with van der Waals surface area (Å²) in [5.41, 5.74) is 0. The molecule has 0 bridgehead atoms. The summed E-state index contributed by atoms with van der Waals surface area (Å²) < 4.78 is 7.77. The standard InChI is InChI=1S/C4H6O5/c1-8-3(5)2-9-4(6)7/h2H2,1H3,(H,6,7)/p-1. The predicted molar refractivity (Wildman–Crippen MR) is 23.4 cm³/mol. The van der Waals surface area contributed by atoms with Crippen molar-refractivity contribution in [1.29, 1.82) is 0 Å². The fourth-order valence-corrected chi connectivity index (χ4v) is 0.177. The van der Waals surface area contributed by atoms with Crippen molar-refractivity contribution in [2.24, 2.45) is 0 Å².